The summed E-state index contributed by atoms with van der Waals surface area (Å²) in [5.74, 6) is -0.674. The van der Waals surface area contributed by atoms with Crippen LogP contribution < -0.4 is 10.6 Å². The number of aromatic nitrogens is 4. The Hall–Kier alpha value is -4.20. The van der Waals surface area contributed by atoms with Crippen molar-refractivity contribution in [3.8, 4) is 11.3 Å². The van der Waals surface area contributed by atoms with Gasteiger partial charge in [0.2, 0.25) is 5.91 Å². The van der Waals surface area contributed by atoms with E-state index in [1.807, 2.05) is 59.0 Å². The van der Waals surface area contributed by atoms with Crippen molar-refractivity contribution in [2.45, 2.75) is 34.2 Å². The number of amides is 2. The van der Waals surface area contributed by atoms with Crippen LogP contribution in [0.3, 0.4) is 0 Å². The van der Waals surface area contributed by atoms with Crippen molar-refractivity contribution in [3.05, 3.63) is 88.4 Å². The molecule has 2 N–H and O–H groups in total. The van der Waals surface area contributed by atoms with Crippen LogP contribution in [0.25, 0.3) is 11.3 Å². The van der Waals surface area contributed by atoms with Crippen LogP contribution in [0, 0.1) is 27.7 Å². The second-order valence-electron chi connectivity index (χ2n) is 8.84. The van der Waals surface area contributed by atoms with Crippen LogP contribution in [-0.2, 0) is 18.4 Å². The van der Waals surface area contributed by atoms with Gasteiger partial charge in [-0.05, 0) is 33.3 Å². The number of nitrogens with zero attached hydrogens (tertiary/aromatic N) is 4. The maximum absolute atomic E-state index is 13.2. The molecule has 0 aliphatic carbocycles. The van der Waals surface area contributed by atoms with E-state index in [-0.39, 0.29) is 18.4 Å². The van der Waals surface area contributed by atoms with Crippen LogP contribution in [0.5, 0.6) is 0 Å². The lowest BCUT2D eigenvalue weighted by molar-refractivity contribution is -0.115. The second kappa shape index (κ2) is 9.97. The number of carbonyl (C=O) groups is 2. The first kappa shape index (κ1) is 23.9. The van der Waals surface area contributed by atoms with E-state index in [4.69, 9.17) is 5.10 Å². The number of anilines is 1. The van der Waals surface area contributed by atoms with Gasteiger partial charge in [-0.3, -0.25) is 19.0 Å². The molecule has 2 aromatic carbocycles. The van der Waals surface area contributed by atoms with Crippen molar-refractivity contribution in [3.63, 3.8) is 0 Å². The van der Waals surface area contributed by atoms with Crippen LogP contribution in [0.4, 0.5) is 5.69 Å². The molecule has 0 saturated carbocycles. The molecule has 0 bridgehead atoms. The van der Waals surface area contributed by atoms with Crippen molar-refractivity contribution in [2.75, 3.05) is 11.9 Å². The summed E-state index contributed by atoms with van der Waals surface area (Å²) < 4.78 is 3.47. The predicted octanol–water partition coefficient (Wildman–Crippen LogP) is 3.93. The van der Waals surface area contributed by atoms with Gasteiger partial charge in [0.15, 0.2) is 0 Å². The van der Waals surface area contributed by atoms with Crippen molar-refractivity contribution < 1.29 is 9.59 Å². The van der Waals surface area contributed by atoms with Crippen molar-refractivity contribution >= 4 is 17.5 Å². The molecule has 0 atom stereocenters. The van der Waals surface area contributed by atoms with Gasteiger partial charge in [0.1, 0.15) is 5.69 Å². The molecule has 0 spiro atoms. The minimum atomic E-state index is -0.356. The third-order valence-corrected chi connectivity index (χ3v) is 5.98. The maximum Gasteiger partial charge on any atom is 0.255 e. The Balaban J connectivity index is 1.53. The van der Waals surface area contributed by atoms with E-state index < -0.39 is 0 Å². The van der Waals surface area contributed by atoms with Gasteiger partial charge in [-0.15, -0.1) is 0 Å². The molecular weight excluding hydrogens is 440 g/mol. The highest BCUT2D eigenvalue weighted by molar-refractivity contribution is 6.02. The minimum absolute atomic E-state index is 0.164. The highest BCUT2D eigenvalue weighted by Gasteiger charge is 2.20. The summed E-state index contributed by atoms with van der Waals surface area (Å²) in [6.45, 7) is 8.14. The van der Waals surface area contributed by atoms with Crippen LogP contribution in [-0.4, -0.2) is 37.9 Å². The monoisotopic (exact) mass is 470 g/mol. The lowest BCUT2D eigenvalue weighted by atomic mass is 10.1. The first-order valence-corrected chi connectivity index (χ1v) is 11.5. The molecule has 2 aromatic heterocycles. The van der Waals surface area contributed by atoms with E-state index in [9.17, 15) is 9.59 Å². The van der Waals surface area contributed by atoms with Gasteiger partial charge < -0.3 is 10.6 Å². The van der Waals surface area contributed by atoms with E-state index in [2.05, 4.69) is 40.0 Å². The van der Waals surface area contributed by atoms with E-state index in [0.29, 0.717) is 23.5 Å². The van der Waals surface area contributed by atoms with Crippen molar-refractivity contribution in [2.24, 2.45) is 7.05 Å². The summed E-state index contributed by atoms with van der Waals surface area (Å²) in [5.41, 5.74) is 7.47. The average molecular weight is 471 g/mol. The topological polar surface area (TPSA) is 93.8 Å². The largest absolute Gasteiger partial charge is 0.343 e. The number of carbonyl (C=O) groups excluding carboxylic acids is 2. The van der Waals surface area contributed by atoms with E-state index in [0.717, 1.165) is 28.1 Å². The van der Waals surface area contributed by atoms with Crippen LogP contribution in [0.1, 0.15) is 38.4 Å². The molecule has 8 heteroatoms. The fourth-order valence-electron chi connectivity index (χ4n) is 3.87. The normalized spacial score (nSPS) is 10.9. The van der Waals surface area contributed by atoms with Crippen LogP contribution >= 0.6 is 0 Å². The van der Waals surface area contributed by atoms with Crippen LogP contribution in [0.15, 0.2) is 54.7 Å². The number of hydrogen-bond donors (Lipinski definition) is 2. The van der Waals surface area contributed by atoms with E-state index in [1.165, 1.54) is 5.56 Å². The zero-order valence-electron chi connectivity index (χ0n) is 20.7. The fourth-order valence-corrected chi connectivity index (χ4v) is 3.87. The summed E-state index contributed by atoms with van der Waals surface area (Å²) in [6.07, 6.45) is 1.73. The maximum atomic E-state index is 13.2. The Morgan fingerprint density at radius 1 is 0.886 bits per heavy atom. The number of hydrogen-bond acceptors (Lipinski definition) is 4. The number of aryl methyl sites for hydroxylation is 4. The summed E-state index contributed by atoms with van der Waals surface area (Å²) in [5, 5.41) is 14.6. The number of rotatable bonds is 7. The van der Waals surface area contributed by atoms with E-state index >= 15 is 0 Å². The summed E-state index contributed by atoms with van der Waals surface area (Å²) in [4.78, 5) is 25.7. The Morgan fingerprint density at radius 3 is 2.11 bits per heavy atom. The molecule has 0 aliphatic heterocycles. The van der Waals surface area contributed by atoms with Crippen LogP contribution in [0.2, 0.25) is 0 Å². The lowest BCUT2D eigenvalue weighted by Gasteiger charge is -2.08. The Labute approximate surface area is 205 Å². The highest BCUT2D eigenvalue weighted by Crippen LogP contribution is 2.23. The molecule has 8 nitrogen and oxygen atoms in total. The zero-order chi connectivity index (χ0) is 25.1. The molecule has 0 unspecified atom stereocenters. The van der Waals surface area contributed by atoms with Crippen molar-refractivity contribution in [1.82, 2.24) is 24.9 Å². The predicted molar refractivity (Wildman–Crippen MR) is 136 cm³/mol. The minimum Gasteiger partial charge on any atom is -0.343 e. The first-order valence-electron chi connectivity index (χ1n) is 11.5. The average Bonchev–Trinajstić information content (AvgIpc) is 3.35. The van der Waals surface area contributed by atoms with Gasteiger partial charge in [-0.1, -0.05) is 59.7 Å². The Morgan fingerprint density at radius 2 is 1.51 bits per heavy atom. The van der Waals surface area contributed by atoms with Gasteiger partial charge >= 0.3 is 0 Å². The third-order valence-electron chi connectivity index (χ3n) is 5.98. The molecule has 0 saturated heterocycles. The zero-order valence-corrected chi connectivity index (χ0v) is 20.7. The van der Waals surface area contributed by atoms with Gasteiger partial charge in [0, 0.05) is 18.8 Å². The first-order chi connectivity index (χ1) is 16.7. The SMILES string of the molecule is Cc1ccc(Cn2cc(C(=O)NCC(=O)Nc3c(C)nn(C)c3C)c(-c3ccc(C)cc3)n2)cc1. The molecule has 0 aliphatic rings. The van der Waals surface area contributed by atoms with Gasteiger partial charge in [0.05, 0.1) is 35.7 Å². The second-order valence-corrected chi connectivity index (χ2v) is 8.84. The molecular formula is C27H30N6O2. The summed E-state index contributed by atoms with van der Waals surface area (Å²) in [7, 11) is 1.82. The highest BCUT2D eigenvalue weighted by atomic mass is 16.2. The Kier molecular flexibility index (Phi) is 6.82. The van der Waals surface area contributed by atoms with Gasteiger partial charge in [0.25, 0.3) is 5.91 Å². The molecule has 4 aromatic rings. The molecule has 0 radical (unpaired) electrons. The Bertz CT molecular complexity index is 1360. The molecule has 180 valence electrons. The summed E-state index contributed by atoms with van der Waals surface area (Å²) >= 11 is 0. The standard InChI is InChI=1S/C27H30N6O2/c1-17-6-10-21(11-7-17)15-33-16-23(26(31-33)22-12-8-18(2)9-13-22)27(35)28-14-24(34)29-25-19(3)30-32(5)20(25)4/h6-13,16H,14-15H2,1-5H3,(H,28,35)(H,29,34). The molecule has 35 heavy (non-hydrogen) atoms. The molecule has 2 heterocycles. The smallest absolute Gasteiger partial charge is 0.255 e. The fraction of sp³-hybridized carbons (Fsp3) is 0.259. The van der Waals surface area contributed by atoms with Crippen molar-refractivity contribution in [1.29, 1.82) is 0 Å². The quantitative estimate of drug-likeness (QED) is 0.428. The molecule has 4 rings (SSSR count). The number of benzene rings is 2. The molecule has 2 amide bonds. The summed E-state index contributed by atoms with van der Waals surface area (Å²) in [6, 6.07) is 16.1. The lowest BCUT2D eigenvalue weighted by Crippen LogP contribution is -2.33. The molecule has 0 fully saturated rings. The third kappa shape index (κ3) is 5.48. The van der Waals surface area contributed by atoms with Gasteiger partial charge in [-0.2, -0.15) is 10.2 Å². The van der Waals surface area contributed by atoms with Gasteiger partial charge in [-0.25, -0.2) is 0 Å². The number of nitrogens with one attached hydrogen (secondary N) is 2. The van der Waals surface area contributed by atoms with E-state index in [1.54, 1.807) is 15.6 Å².